The van der Waals surface area contributed by atoms with Crippen LogP contribution in [0.5, 0.6) is 5.75 Å². The Labute approximate surface area is 199 Å². The molecule has 1 aromatic carbocycles. The predicted molar refractivity (Wildman–Crippen MR) is 132 cm³/mol. The number of aromatic nitrogens is 3. The third-order valence-corrected chi connectivity index (χ3v) is 7.52. The van der Waals surface area contributed by atoms with Crippen molar-refractivity contribution in [3.63, 3.8) is 0 Å². The van der Waals surface area contributed by atoms with Gasteiger partial charge >= 0.3 is 0 Å². The summed E-state index contributed by atoms with van der Waals surface area (Å²) in [4.78, 5) is 15.7. The molecule has 6 nitrogen and oxygen atoms in total. The van der Waals surface area contributed by atoms with E-state index in [1.807, 2.05) is 38.1 Å². The summed E-state index contributed by atoms with van der Waals surface area (Å²) in [6.45, 7) is 6.25. The van der Waals surface area contributed by atoms with Crippen molar-refractivity contribution in [1.82, 2.24) is 20.3 Å². The van der Waals surface area contributed by atoms with Gasteiger partial charge in [0.05, 0.1) is 10.7 Å². The van der Waals surface area contributed by atoms with Crippen molar-refractivity contribution in [1.29, 1.82) is 5.41 Å². The number of halogens is 1. The number of aryl methyl sites for hydroxylation is 3. The largest absolute Gasteiger partial charge is 0.487 e. The van der Waals surface area contributed by atoms with Gasteiger partial charge in [0.15, 0.2) is 4.34 Å². The molecule has 0 atom stereocenters. The van der Waals surface area contributed by atoms with Crippen LogP contribution in [0.4, 0.5) is 0 Å². The van der Waals surface area contributed by atoms with Crippen molar-refractivity contribution in [2.75, 3.05) is 7.05 Å². The molecule has 3 heterocycles. The molecule has 0 aliphatic heterocycles. The second-order valence-electron chi connectivity index (χ2n) is 7.20. The van der Waals surface area contributed by atoms with Gasteiger partial charge in [-0.05, 0) is 32.9 Å². The molecule has 0 aliphatic carbocycles. The van der Waals surface area contributed by atoms with Gasteiger partial charge in [0, 0.05) is 51.4 Å². The van der Waals surface area contributed by atoms with Crippen LogP contribution in [-0.4, -0.2) is 27.8 Å². The van der Waals surface area contributed by atoms with Crippen LogP contribution in [0.25, 0.3) is 10.9 Å². The normalized spacial score (nSPS) is 11.0. The zero-order chi connectivity index (χ0) is 22.8. The molecular formula is C23H22ClN5OS2. The third-order valence-electron chi connectivity index (χ3n) is 4.99. The van der Waals surface area contributed by atoms with E-state index in [9.17, 15) is 0 Å². The van der Waals surface area contributed by atoms with Crippen molar-refractivity contribution in [2.45, 2.75) is 36.6 Å². The Morgan fingerprint density at radius 3 is 2.75 bits per heavy atom. The molecule has 32 heavy (non-hydrogen) atoms. The summed E-state index contributed by atoms with van der Waals surface area (Å²) in [7, 11) is 1.74. The molecule has 4 aromatic rings. The number of amidine groups is 1. The molecule has 0 radical (unpaired) electrons. The molecule has 4 rings (SSSR count). The Hall–Kier alpha value is -2.68. The quantitative estimate of drug-likeness (QED) is 0.261. The maximum Gasteiger partial charge on any atom is 0.155 e. The van der Waals surface area contributed by atoms with Crippen molar-refractivity contribution in [3.05, 3.63) is 69.1 Å². The Morgan fingerprint density at radius 1 is 1.22 bits per heavy atom. The van der Waals surface area contributed by atoms with Crippen molar-refractivity contribution in [3.8, 4) is 5.75 Å². The summed E-state index contributed by atoms with van der Waals surface area (Å²) in [6.07, 6.45) is 3.42. The Morgan fingerprint density at radius 2 is 2.03 bits per heavy atom. The van der Waals surface area contributed by atoms with E-state index < -0.39 is 0 Å². The summed E-state index contributed by atoms with van der Waals surface area (Å²) in [6, 6.07) is 7.64. The minimum absolute atomic E-state index is 0.264. The van der Waals surface area contributed by atoms with Crippen LogP contribution in [0.15, 0.2) is 45.9 Å². The first-order chi connectivity index (χ1) is 15.4. The van der Waals surface area contributed by atoms with E-state index in [0.717, 1.165) is 37.1 Å². The highest BCUT2D eigenvalue weighted by Gasteiger charge is 2.16. The van der Waals surface area contributed by atoms with E-state index >= 15 is 0 Å². The minimum Gasteiger partial charge on any atom is -0.487 e. The molecule has 0 spiro atoms. The maximum absolute atomic E-state index is 8.23. The van der Waals surface area contributed by atoms with Gasteiger partial charge in [-0.3, -0.25) is 10.4 Å². The lowest BCUT2D eigenvalue weighted by molar-refractivity contribution is 0.306. The number of fused-ring (bicyclic) bond motifs is 1. The van der Waals surface area contributed by atoms with Gasteiger partial charge in [0.1, 0.15) is 23.7 Å². The highest BCUT2D eigenvalue weighted by atomic mass is 35.5. The minimum atomic E-state index is 0.264. The monoisotopic (exact) mass is 483 g/mol. The fourth-order valence-corrected chi connectivity index (χ4v) is 5.71. The molecule has 0 amide bonds. The maximum atomic E-state index is 8.23. The Kier molecular flexibility index (Phi) is 6.64. The standard InChI is InChI=1S/C23H22ClN5OS2/c1-12-8-16(22(25)26-4)15-6-5-7-19(21(15)28-12)30-11-17-18(24)9-27-10-20(17)32-23-29-13(2)14(3)31-23/h5-10H,11H2,1-4H3,(H2,25,26). The number of pyridine rings is 2. The first kappa shape index (κ1) is 22.5. The molecular weight excluding hydrogens is 462 g/mol. The highest BCUT2D eigenvalue weighted by molar-refractivity contribution is 8.01. The van der Waals surface area contributed by atoms with Crippen molar-refractivity contribution < 1.29 is 4.74 Å². The van der Waals surface area contributed by atoms with Gasteiger partial charge in [-0.25, -0.2) is 9.97 Å². The van der Waals surface area contributed by atoms with E-state index in [0.29, 0.717) is 22.1 Å². The first-order valence-corrected chi connectivity index (χ1v) is 11.9. The number of rotatable bonds is 6. The van der Waals surface area contributed by atoms with Crippen LogP contribution < -0.4 is 10.1 Å². The Balaban J connectivity index is 1.67. The lowest BCUT2D eigenvalue weighted by atomic mass is 10.1. The van der Waals surface area contributed by atoms with E-state index in [1.165, 1.54) is 4.88 Å². The van der Waals surface area contributed by atoms with Crippen LogP contribution in [0.3, 0.4) is 0 Å². The average Bonchev–Trinajstić information content (AvgIpc) is 3.09. The molecule has 2 N–H and O–H groups in total. The van der Waals surface area contributed by atoms with Gasteiger partial charge in [0.25, 0.3) is 0 Å². The lowest BCUT2D eigenvalue weighted by Crippen LogP contribution is -2.18. The van der Waals surface area contributed by atoms with Crippen LogP contribution in [0, 0.1) is 26.2 Å². The van der Waals surface area contributed by atoms with Gasteiger partial charge in [0.2, 0.25) is 0 Å². The molecule has 9 heteroatoms. The van der Waals surface area contributed by atoms with Crippen LogP contribution in [-0.2, 0) is 6.61 Å². The summed E-state index contributed by atoms with van der Waals surface area (Å²) in [5.41, 5.74) is 4.20. The number of hydrogen-bond donors (Lipinski definition) is 2. The third kappa shape index (κ3) is 4.57. The summed E-state index contributed by atoms with van der Waals surface area (Å²) < 4.78 is 7.17. The van der Waals surface area contributed by atoms with Crippen molar-refractivity contribution in [2.24, 2.45) is 0 Å². The fourth-order valence-electron chi connectivity index (χ4n) is 3.21. The second kappa shape index (κ2) is 9.44. The van der Waals surface area contributed by atoms with Gasteiger partial charge < -0.3 is 10.1 Å². The average molecular weight is 484 g/mol. The van der Waals surface area contributed by atoms with Crippen LogP contribution >= 0.6 is 34.7 Å². The molecule has 3 aromatic heterocycles. The summed E-state index contributed by atoms with van der Waals surface area (Å²) in [5, 5.41) is 12.5. The molecule has 0 aliphatic rings. The number of hydrogen-bond acceptors (Lipinski definition) is 7. The topological polar surface area (TPSA) is 83.8 Å². The molecule has 0 saturated carbocycles. The Bertz CT molecular complexity index is 1300. The fraction of sp³-hybridized carbons (Fsp3) is 0.217. The van der Waals surface area contributed by atoms with Crippen LogP contribution in [0.1, 0.15) is 27.4 Å². The summed E-state index contributed by atoms with van der Waals surface area (Å²) >= 11 is 9.70. The number of ether oxygens (including phenoxy) is 1. The zero-order valence-electron chi connectivity index (χ0n) is 18.1. The van der Waals surface area contributed by atoms with E-state index in [2.05, 4.69) is 27.2 Å². The van der Waals surface area contributed by atoms with E-state index in [-0.39, 0.29) is 6.61 Å². The lowest BCUT2D eigenvalue weighted by Gasteiger charge is -2.14. The second-order valence-corrected chi connectivity index (χ2v) is 10.1. The highest BCUT2D eigenvalue weighted by Crippen LogP contribution is 2.37. The van der Waals surface area contributed by atoms with Gasteiger partial charge in [-0.15, -0.1) is 11.3 Å². The number of thiazole rings is 1. The molecule has 164 valence electrons. The van der Waals surface area contributed by atoms with Crippen LogP contribution in [0.2, 0.25) is 5.02 Å². The summed E-state index contributed by atoms with van der Waals surface area (Å²) in [5.74, 6) is 0.976. The number of para-hydroxylation sites is 1. The number of nitrogens with zero attached hydrogens (tertiary/aromatic N) is 3. The first-order valence-electron chi connectivity index (χ1n) is 9.91. The molecule has 0 saturated heterocycles. The zero-order valence-corrected chi connectivity index (χ0v) is 20.5. The van der Waals surface area contributed by atoms with E-state index in [4.69, 9.17) is 21.7 Å². The number of benzene rings is 1. The smallest absolute Gasteiger partial charge is 0.155 e. The molecule has 0 bridgehead atoms. The van der Waals surface area contributed by atoms with Crippen molar-refractivity contribution >= 4 is 51.4 Å². The van der Waals surface area contributed by atoms with E-state index in [1.54, 1.807) is 42.5 Å². The number of nitrogens with one attached hydrogen (secondary N) is 2. The predicted octanol–water partition coefficient (Wildman–Crippen LogP) is 5.94. The molecule has 0 fully saturated rings. The van der Waals surface area contributed by atoms with Gasteiger partial charge in [-0.1, -0.05) is 35.5 Å². The van der Waals surface area contributed by atoms with Gasteiger partial charge in [-0.2, -0.15) is 0 Å². The molecule has 0 unspecified atom stereocenters. The SMILES string of the molecule is CNC(=N)c1cc(C)nc2c(OCc3c(Cl)cncc3Sc3nc(C)c(C)s3)cccc12.